The molecular weight excluding hydrogens is 257 g/mol. The Morgan fingerprint density at radius 2 is 2.00 bits per heavy atom. The van der Waals surface area contributed by atoms with Crippen LogP contribution in [0.3, 0.4) is 0 Å². The Morgan fingerprint density at radius 3 is 2.75 bits per heavy atom. The summed E-state index contributed by atoms with van der Waals surface area (Å²) in [6.45, 7) is 0.502. The van der Waals surface area contributed by atoms with Crippen molar-refractivity contribution >= 4 is 21.7 Å². The highest BCUT2D eigenvalue weighted by Crippen LogP contribution is 2.26. The number of ether oxygens (including phenoxy) is 1. The van der Waals surface area contributed by atoms with Gasteiger partial charge in [-0.25, -0.2) is 4.39 Å². The molecule has 20 heavy (non-hydrogen) atoms. The second-order valence-corrected chi connectivity index (χ2v) is 4.66. The average molecular weight is 272 g/mol. The van der Waals surface area contributed by atoms with Crippen LogP contribution < -0.4 is 9.30 Å². The number of halogens is 1. The zero-order chi connectivity index (χ0) is 14.1. The summed E-state index contributed by atoms with van der Waals surface area (Å²) in [5, 5.41) is 11.9. The van der Waals surface area contributed by atoms with E-state index in [4.69, 9.17) is 4.74 Å². The minimum absolute atomic E-state index is 0.0343. The van der Waals surface area contributed by atoms with Crippen molar-refractivity contribution < 1.29 is 18.8 Å². The molecule has 0 unspecified atom stereocenters. The number of fused-ring (bicyclic) bond motifs is 3. The van der Waals surface area contributed by atoms with E-state index < -0.39 is 0 Å². The van der Waals surface area contributed by atoms with Gasteiger partial charge in [0, 0.05) is 11.5 Å². The molecule has 0 aliphatic heterocycles. The van der Waals surface area contributed by atoms with Crippen LogP contribution in [-0.2, 0) is 6.54 Å². The van der Waals surface area contributed by atoms with Crippen molar-refractivity contribution in [1.82, 2.24) is 0 Å². The minimum Gasteiger partial charge on any atom is -0.497 e. The standard InChI is InChI=1S/C16H15FNO2/c1-20-13-3-4-14-11(8-13)10-18(6-7-19)16-5-2-12(17)9-15(14)16/h2-5,8-10,19H,6-7H2,1H3/q+1. The van der Waals surface area contributed by atoms with E-state index in [1.165, 1.54) is 12.1 Å². The lowest BCUT2D eigenvalue weighted by molar-refractivity contribution is -0.671. The first kappa shape index (κ1) is 12.8. The Bertz CT molecular complexity index is 786. The maximum Gasteiger partial charge on any atom is 0.213 e. The number of benzene rings is 2. The molecule has 1 N–H and O–H groups in total. The van der Waals surface area contributed by atoms with Crippen molar-refractivity contribution in [2.45, 2.75) is 6.54 Å². The molecule has 3 nitrogen and oxygen atoms in total. The van der Waals surface area contributed by atoms with Gasteiger partial charge in [0.25, 0.3) is 0 Å². The van der Waals surface area contributed by atoms with E-state index in [1.807, 2.05) is 29.0 Å². The topological polar surface area (TPSA) is 33.3 Å². The van der Waals surface area contributed by atoms with Gasteiger partial charge in [0.1, 0.15) is 18.2 Å². The molecule has 0 atom stereocenters. The van der Waals surface area contributed by atoms with Crippen LogP contribution in [0.5, 0.6) is 5.75 Å². The first-order valence-electron chi connectivity index (χ1n) is 6.43. The van der Waals surface area contributed by atoms with E-state index in [2.05, 4.69) is 0 Å². The van der Waals surface area contributed by atoms with Gasteiger partial charge in [0.2, 0.25) is 5.52 Å². The van der Waals surface area contributed by atoms with Crippen molar-refractivity contribution in [2.24, 2.45) is 0 Å². The molecule has 0 saturated heterocycles. The average Bonchev–Trinajstić information content (AvgIpc) is 2.46. The van der Waals surface area contributed by atoms with Gasteiger partial charge in [-0.05, 0) is 30.3 Å². The zero-order valence-electron chi connectivity index (χ0n) is 11.1. The van der Waals surface area contributed by atoms with Gasteiger partial charge in [-0.2, -0.15) is 4.57 Å². The largest absolute Gasteiger partial charge is 0.497 e. The van der Waals surface area contributed by atoms with Gasteiger partial charge < -0.3 is 9.84 Å². The first-order chi connectivity index (χ1) is 9.72. The predicted molar refractivity (Wildman–Crippen MR) is 75.2 cm³/mol. The molecule has 0 amide bonds. The van der Waals surface area contributed by atoms with Crippen molar-refractivity contribution in [3.05, 3.63) is 48.4 Å². The smallest absolute Gasteiger partial charge is 0.213 e. The number of aromatic nitrogens is 1. The molecule has 4 heteroatoms. The van der Waals surface area contributed by atoms with Crippen molar-refractivity contribution in [3.63, 3.8) is 0 Å². The number of hydrogen-bond donors (Lipinski definition) is 1. The molecule has 3 aromatic rings. The maximum absolute atomic E-state index is 13.5. The van der Waals surface area contributed by atoms with Gasteiger partial charge in [0.15, 0.2) is 12.7 Å². The Hall–Kier alpha value is -2.20. The summed E-state index contributed by atoms with van der Waals surface area (Å²) in [5.74, 6) is 0.486. The Labute approximate surface area is 115 Å². The lowest BCUT2D eigenvalue weighted by Crippen LogP contribution is -2.36. The molecule has 3 rings (SSSR count). The zero-order valence-corrected chi connectivity index (χ0v) is 11.1. The normalized spacial score (nSPS) is 11.2. The van der Waals surface area contributed by atoms with Crippen molar-refractivity contribution in [2.75, 3.05) is 13.7 Å². The minimum atomic E-state index is -0.267. The molecule has 0 fully saturated rings. The van der Waals surface area contributed by atoms with Crippen LogP contribution in [0.2, 0.25) is 0 Å². The van der Waals surface area contributed by atoms with Crippen LogP contribution in [0.15, 0.2) is 42.6 Å². The van der Waals surface area contributed by atoms with Crippen LogP contribution in [0, 0.1) is 5.82 Å². The number of methoxy groups -OCH3 is 1. The number of aliphatic hydroxyl groups excluding tert-OH is 1. The summed E-state index contributed by atoms with van der Waals surface area (Å²) in [7, 11) is 1.61. The lowest BCUT2D eigenvalue weighted by Gasteiger charge is -2.06. The molecule has 0 aliphatic rings. The highest BCUT2D eigenvalue weighted by atomic mass is 19.1. The molecule has 0 aliphatic carbocycles. The van der Waals surface area contributed by atoms with Crippen molar-refractivity contribution in [3.8, 4) is 5.75 Å². The van der Waals surface area contributed by atoms with Gasteiger partial charge in [-0.1, -0.05) is 0 Å². The second-order valence-electron chi connectivity index (χ2n) is 4.66. The third-order valence-corrected chi connectivity index (χ3v) is 3.45. The second kappa shape index (κ2) is 5.06. The molecule has 0 bridgehead atoms. The van der Waals surface area contributed by atoms with Crippen LogP contribution in [-0.4, -0.2) is 18.8 Å². The summed E-state index contributed by atoms with van der Waals surface area (Å²) < 4.78 is 20.7. The monoisotopic (exact) mass is 272 g/mol. The van der Waals surface area contributed by atoms with Crippen LogP contribution in [0.25, 0.3) is 21.7 Å². The van der Waals surface area contributed by atoms with Gasteiger partial charge >= 0.3 is 0 Å². The molecule has 0 radical (unpaired) electrons. The number of nitrogens with zero attached hydrogens (tertiary/aromatic N) is 1. The quantitative estimate of drug-likeness (QED) is 0.587. The third-order valence-electron chi connectivity index (χ3n) is 3.45. The van der Waals surface area contributed by atoms with Gasteiger partial charge in [-0.3, -0.25) is 0 Å². The SMILES string of the molecule is COc1ccc2c(c1)c[n+](CCO)c1ccc(F)cc21. The number of aliphatic hydroxyl groups is 1. The Morgan fingerprint density at radius 1 is 1.15 bits per heavy atom. The van der Waals surface area contributed by atoms with Crippen LogP contribution in [0.1, 0.15) is 0 Å². The number of pyridine rings is 1. The molecule has 102 valence electrons. The number of hydrogen-bond acceptors (Lipinski definition) is 2. The van der Waals surface area contributed by atoms with Crippen molar-refractivity contribution in [1.29, 1.82) is 0 Å². The highest BCUT2D eigenvalue weighted by molar-refractivity contribution is 6.04. The fourth-order valence-electron chi connectivity index (χ4n) is 2.52. The molecular formula is C16H15FNO2+. The van der Waals surface area contributed by atoms with Gasteiger partial charge in [-0.15, -0.1) is 0 Å². The highest BCUT2D eigenvalue weighted by Gasteiger charge is 2.14. The molecule has 1 heterocycles. The van der Waals surface area contributed by atoms with E-state index >= 15 is 0 Å². The number of rotatable bonds is 3. The molecule has 1 aromatic heterocycles. The van der Waals surface area contributed by atoms with E-state index in [0.29, 0.717) is 6.54 Å². The van der Waals surface area contributed by atoms with E-state index in [9.17, 15) is 9.50 Å². The predicted octanol–water partition coefficient (Wildman–Crippen LogP) is 2.42. The van der Waals surface area contributed by atoms with E-state index in [0.717, 1.165) is 27.4 Å². The third kappa shape index (κ3) is 2.08. The first-order valence-corrected chi connectivity index (χ1v) is 6.43. The fraction of sp³-hybridized carbons (Fsp3) is 0.188. The summed E-state index contributed by atoms with van der Waals surface area (Å²) in [6, 6.07) is 10.4. The van der Waals surface area contributed by atoms with Gasteiger partial charge in [0.05, 0.1) is 17.9 Å². The summed E-state index contributed by atoms with van der Waals surface area (Å²) in [5.41, 5.74) is 0.901. The van der Waals surface area contributed by atoms with Crippen LogP contribution >= 0.6 is 0 Å². The fourth-order valence-corrected chi connectivity index (χ4v) is 2.52. The van der Waals surface area contributed by atoms with Crippen LogP contribution in [0.4, 0.5) is 4.39 Å². The molecule has 2 aromatic carbocycles. The molecule has 0 spiro atoms. The lowest BCUT2D eigenvalue weighted by atomic mass is 10.1. The van der Waals surface area contributed by atoms with E-state index in [-0.39, 0.29) is 12.4 Å². The Balaban J connectivity index is 2.40. The summed E-state index contributed by atoms with van der Waals surface area (Å²) >= 11 is 0. The van der Waals surface area contributed by atoms with E-state index in [1.54, 1.807) is 13.2 Å². The maximum atomic E-state index is 13.5. The Kier molecular flexibility index (Phi) is 3.24. The summed E-state index contributed by atoms with van der Waals surface area (Å²) in [6.07, 6.45) is 1.95. The molecule has 0 saturated carbocycles. The summed E-state index contributed by atoms with van der Waals surface area (Å²) in [4.78, 5) is 0.